The van der Waals surface area contributed by atoms with Crippen LogP contribution in [0.3, 0.4) is 0 Å². The molecule has 0 saturated heterocycles. The van der Waals surface area contributed by atoms with E-state index >= 15 is 0 Å². The predicted octanol–water partition coefficient (Wildman–Crippen LogP) is 7.20. The Morgan fingerprint density at radius 2 is 1.23 bits per heavy atom. The first kappa shape index (κ1) is 20.3. The summed E-state index contributed by atoms with van der Waals surface area (Å²) in [4.78, 5) is 0. The van der Waals surface area contributed by atoms with Gasteiger partial charge in [-0.2, -0.15) is 0 Å². The van der Waals surface area contributed by atoms with Crippen LogP contribution in [0.2, 0.25) is 5.02 Å². The maximum absolute atomic E-state index is 6.44. The average Bonchev–Trinajstić information content (AvgIpc) is 2.86. The van der Waals surface area contributed by atoms with E-state index in [1.807, 2.05) is 0 Å². The summed E-state index contributed by atoms with van der Waals surface area (Å²) in [5, 5.41) is 1.09. The first-order valence-corrected chi connectivity index (χ1v) is 11.6. The third-order valence-electron chi connectivity index (χ3n) is 4.34. The molecule has 0 atom stereocenters. The topological polar surface area (TPSA) is 0 Å². The van der Waals surface area contributed by atoms with Gasteiger partial charge in [0.2, 0.25) is 0 Å². The van der Waals surface area contributed by atoms with Crippen LogP contribution in [-0.4, -0.2) is 14.5 Å². The zero-order valence-electron chi connectivity index (χ0n) is 14.8. The van der Waals surface area contributed by atoms with Gasteiger partial charge in [0.05, 0.1) is 0 Å². The number of unbranched alkanes of at least 4 members (excludes halogenated alkanes) is 10. The summed E-state index contributed by atoms with van der Waals surface area (Å²) in [7, 11) is 0. The molecule has 128 valence electrons. The Balaban J connectivity index is 2.14. The van der Waals surface area contributed by atoms with E-state index in [4.69, 9.17) is 11.6 Å². The van der Waals surface area contributed by atoms with Crippen molar-refractivity contribution in [2.45, 2.75) is 104 Å². The van der Waals surface area contributed by atoms with E-state index in [-0.39, 0.29) is 0 Å². The van der Waals surface area contributed by atoms with E-state index in [1.165, 1.54) is 89.9 Å². The van der Waals surface area contributed by atoms with Crippen molar-refractivity contribution in [3.8, 4) is 0 Å². The van der Waals surface area contributed by atoms with E-state index in [0.29, 0.717) is 14.5 Å². The molecule has 2 heteroatoms. The molecular weight excluding hydrogens is 355 g/mol. The van der Waals surface area contributed by atoms with Gasteiger partial charge in [-0.25, -0.2) is 0 Å². The zero-order valence-corrected chi connectivity index (χ0v) is 17.2. The molecule has 0 radical (unpaired) electrons. The number of rotatable bonds is 14. The molecule has 0 nitrogen and oxygen atoms in total. The van der Waals surface area contributed by atoms with Crippen LogP contribution in [0.15, 0.2) is 6.07 Å². The van der Waals surface area contributed by atoms with Crippen molar-refractivity contribution < 1.29 is 0 Å². The Hall–Kier alpha value is 0.289. The Labute approximate surface area is 149 Å². The van der Waals surface area contributed by atoms with E-state index in [2.05, 4.69) is 19.9 Å². The van der Waals surface area contributed by atoms with Crippen molar-refractivity contribution in [1.82, 2.24) is 0 Å². The molecule has 1 rings (SSSR count). The molecule has 0 aromatic carbocycles. The Morgan fingerprint density at radius 1 is 0.727 bits per heavy atom. The molecule has 1 aromatic rings. The molecule has 1 aromatic heterocycles. The van der Waals surface area contributed by atoms with Gasteiger partial charge in [0.15, 0.2) is 0 Å². The second-order valence-electron chi connectivity index (χ2n) is 6.52. The summed E-state index contributed by atoms with van der Waals surface area (Å²) in [6.07, 6.45) is 19.2. The molecule has 0 saturated carbocycles. The van der Waals surface area contributed by atoms with Crippen LogP contribution < -0.4 is 0 Å². The van der Waals surface area contributed by atoms with Gasteiger partial charge < -0.3 is 0 Å². The second-order valence-corrected chi connectivity index (χ2v) is 9.49. The summed E-state index contributed by atoms with van der Waals surface area (Å²) in [5.41, 5.74) is 0. The second kappa shape index (κ2) is 13.7. The van der Waals surface area contributed by atoms with Crippen molar-refractivity contribution >= 4 is 26.1 Å². The molecule has 0 unspecified atom stereocenters. The van der Waals surface area contributed by atoms with Gasteiger partial charge in [-0.15, -0.1) is 0 Å². The zero-order chi connectivity index (χ0) is 16.0. The molecule has 0 aliphatic rings. The van der Waals surface area contributed by atoms with Gasteiger partial charge in [-0.3, -0.25) is 0 Å². The molecule has 0 fully saturated rings. The molecule has 0 spiro atoms. The van der Waals surface area contributed by atoms with Gasteiger partial charge in [0, 0.05) is 0 Å². The number of hydrogen-bond acceptors (Lipinski definition) is 0. The van der Waals surface area contributed by atoms with Crippen molar-refractivity contribution in [2.75, 3.05) is 0 Å². The number of hydrogen-bond donors (Lipinski definition) is 0. The fraction of sp³-hybridized carbons (Fsp3) is 0.800. The summed E-state index contributed by atoms with van der Waals surface area (Å²) in [6, 6.07) is 2.29. The van der Waals surface area contributed by atoms with E-state index in [0.717, 1.165) is 5.02 Å². The van der Waals surface area contributed by atoms with Gasteiger partial charge in [0.25, 0.3) is 0 Å². The quantitative estimate of drug-likeness (QED) is 0.233. The summed E-state index contributed by atoms with van der Waals surface area (Å²) >= 11 is 7.01. The van der Waals surface area contributed by atoms with Gasteiger partial charge in [0.1, 0.15) is 0 Å². The first-order chi connectivity index (χ1) is 10.8. The van der Waals surface area contributed by atoms with Gasteiger partial charge in [-0.1, -0.05) is 0 Å². The van der Waals surface area contributed by atoms with Crippen LogP contribution in [0, 0.1) is 0 Å². The van der Waals surface area contributed by atoms with Crippen molar-refractivity contribution in [3.05, 3.63) is 20.0 Å². The van der Waals surface area contributed by atoms with Crippen LogP contribution in [0.5, 0.6) is 0 Å². The van der Waals surface area contributed by atoms with Crippen LogP contribution in [0.1, 0.15) is 99.8 Å². The number of halogens is 1. The molecule has 0 bridgehead atoms. The van der Waals surface area contributed by atoms with Gasteiger partial charge in [-0.05, 0) is 0 Å². The standard InChI is InChI=1S/C20H35ClSe/c1-3-5-7-9-11-13-15-18-17-19(21)20(22-18)16-14-12-10-8-6-4-2/h17H,3-16H2,1-2H3. The van der Waals surface area contributed by atoms with E-state index in [1.54, 1.807) is 8.87 Å². The molecule has 22 heavy (non-hydrogen) atoms. The van der Waals surface area contributed by atoms with Crippen LogP contribution in [0.4, 0.5) is 0 Å². The fourth-order valence-corrected chi connectivity index (χ4v) is 5.87. The normalized spacial score (nSPS) is 11.2. The minimum absolute atomic E-state index is 0.573. The minimum atomic E-state index is 0.573. The maximum atomic E-state index is 6.44. The van der Waals surface area contributed by atoms with Crippen LogP contribution >= 0.6 is 11.6 Å². The summed E-state index contributed by atoms with van der Waals surface area (Å²) in [5.74, 6) is 0. The molecular formula is C20H35ClSe. The van der Waals surface area contributed by atoms with E-state index in [9.17, 15) is 0 Å². The SMILES string of the molecule is CCCCCCCCc1cc(Cl)c(CCCCCCCC)[se]1. The van der Waals surface area contributed by atoms with Crippen molar-refractivity contribution in [2.24, 2.45) is 0 Å². The van der Waals surface area contributed by atoms with E-state index < -0.39 is 0 Å². The monoisotopic (exact) mass is 390 g/mol. The average molecular weight is 390 g/mol. The Kier molecular flexibility index (Phi) is 12.7. The Morgan fingerprint density at radius 3 is 1.82 bits per heavy atom. The molecule has 1 heterocycles. The summed E-state index contributed by atoms with van der Waals surface area (Å²) < 4.78 is 3.22. The molecule has 0 amide bonds. The molecule has 0 N–H and O–H groups in total. The first-order valence-electron chi connectivity index (χ1n) is 9.55. The van der Waals surface area contributed by atoms with Gasteiger partial charge >= 0.3 is 150 Å². The van der Waals surface area contributed by atoms with Crippen molar-refractivity contribution in [3.63, 3.8) is 0 Å². The predicted molar refractivity (Wildman–Crippen MR) is 103 cm³/mol. The summed E-state index contributed by atoms with van der Waals surface area (Å²) in [6.45, 7) is 4.56. The fourth-order valence-electron chi connectivity index (χ4n) is 2.90. The Bertz CT molecular complexity index is 370. The molecule has 0 aliphatic carbocycles. The number of aryl methyl sites for hydroxylation is 2. The van der Waals surface area contributed by atoms with Crippen LogP contribution in [-0.2, 0) is 12.8 Å². The van der Waals surface area contributed by atoms with Crippen LogP contribution in [0.25, 0.3) is 0 Å². The third kappa shape index (κ3) is 9.43. The van der Waals surface area contributed by atoms with Crippen molar-refractivity contribution in [1.29, 1.82) is 0 Å². The third-order valence-corrected chi connectivity index (χ3v) is 7.57. The molecule has 0 aliphatic heterocycles.